The molecule has 3 nitrogen and oxygen atoms in total. The Bertz CT molecular complexity index is 416. The second kappa shape index (κ2) is 7.78. The Labute approximate surface area is 118 Å². The molecule has 1 atom stereocenters. The van der Waals surface area contributed by atoms with E-state index < -0.39 is 11.0 Å². The molecule has 1 fully saturated rings. The molecule has 0 amide bonds. The Morgan fingerprint density at radius 3 is 2.79 bits per heavy atom. The SMILES string of the molecule is NCCCc1cccc(S(=O)NC2CCCCC2)c1. The molecule has 1 aliphatic rings. The zero-order chi connectivity index (χ0) is 13.5. The van der Waals surface area contributed by atoms with Crippen LogP contribution in [0.1, 0.15) is 44.1 Å². The molecular formula is C15H24N2OS. The van der Waals surface area contributed by atoms with Crippen molar-refractivity contribution in [3.63, 3.8) is 0 Å². The van der Waals surface area contributed by atoms with Crippen LogP contribution < -0.4 is 10.5 Å². The summed E-state index contributed by atoms with van der Waals surface area (Å²) in [4.78, 5) is 0.889. The van der Waals surface area contributed by atoms with Gasteiger partial charge in [-0.15, -0.1) is 0 Å². The summed E-state index contributed by atoms with van der Waals surface area (Å²) in [7, 11) is -1.08. The smallest absolute Gasteiger partial charge is 0.125 e. The van der Waals surface area contributed by atoms with Gasteiger partial charge in [-0.05, 0) is 49.9 Å². The van der Waals surface area contributed by atoms with E-state index in [1.807, 2.05) is 18.2 Å². The summed E-state index contributed by atoms with van der Waals surface area (Å²) >= 11 is 0. The van der Waals surface area contributed by atoms with Crippen molar-refractivity contribution in [2.75, 3.05) is 6.54 Å². The van der Waals surface area contributed by atoms with Crippen molar-refractivity contribution in [2.24, 2.45) is 5.73 Å². The number of hydrogen-bond donors (Lipinski definition) is 2. The minimum Gasteiger partial charge on any atom is -0.330 e. The minimum absolute atomic E-state index is 0.419. The highest BCUT2D eigenvalue weighted by Crippen LogP contribution is 2.19. The van der Waals surface area contributed by atoms with Crippen molar-refractivity contribution in [1.29, 1.82) is 0 Å². The van der Waals surface area contributed by atoms with Gasteiger partial charge >= 0.3 is 0 Å². The van der Waals surface area contributed by atoms with Crippen molar-refractivity contribution in [2.45, 2.75) is 55.9 Å². The summed E-state index contributed by atoms with van der Waals surface area (Å²) in [5.74, 6) is 0. The number of nitrogens with two attached hydrogens (primary N) is 1. The topological polar surface area (TPSA) is 55.1 Å². The van der Waals surface area contributed by atoms with E-state index in [1.54, 1.807) is 0 Å². The first-order chi connectivity index (χ1) is 9.29. The molecule has 1 aromatic carbocycles. The van der Waals surface area contributed by atoms with E-state index in [1.165, 1.54) is 24.8 Å². The average Bonchev–Trinajstić information content (AvgIpc) is 2.46. The summed E-state index contributed by atoms with van der Waals surface area (Å²) in [5, 5.41) is 0. The van der Waals surface area contributed by atoms with Crippen molar-refractivity contribution in [3.8, 4) is 0 Å². The van der Waals surface area contributed by atoms with Crippen molar-refractivity contribution in [3.05, 3.63) is 29.8 Å². The van der Waals surface area contributed by atoms with Crippen molar-refractivity contribution >= 4 is 11.0 Å². The zero-order valence-electron chi connectivity index (χ0n) is 11.4. The fraction of sp³-hybridized carbons (Fsp3) is 0.600. The van der Waals surface area contributed by atoms with Gasteiger partial charge in [0.1, 0.15) is 11.0 Å². The van der Waals surface area contributed by atoms with Gasteiger partial charge in [0, 0.05) is 6.04 Å². The second-order valence-corrected chi connectivity index (χ2v) is 6.51. The predicted octanol–water partition coefficient (Wildman–Crippen LogP) is 2.52. The normalized spacial score (nSPS) is 18.4. The molecule has 0 aliphatic heterocycles. The average molecular weight is 280 g/mol. The fourth-order valence-electron chi connectivity index (χ4n) is 2.56. The lowest BCUT2D eigenvalue weighted by atomic mass is 9.96. The Morgan fingerprint density at radius 1 is 1.26 bits per heavy atom. The maximum Gasteiger partial charge on any atom is 0.125 e. The molecule has 0 saturated heterocycles. The van der Waals surface area contributed by atoms with Crippen LogP contribution in [0.3, 0.4) is 0 Å². The van der Waals surface area contributed by atoms with E-state index in [4.69, 9.17) is 5.73 Å². The fourth-order valence-corrected chi connectivity index (χ4v) is 3.70. The van der Waals surface area contributed by atoms with Gasteiger partial charge < -0.3 is 5.73 Å². The molecule has 106 valence electrons. The molecule has 3 N–H and O–H groups in total. The first-order valence-corrected chi connectivity index (χ1v) is 8.41. The largest absolute Gasteiger partial charge is 0.330 e. The highest BCUT2D eigenvalue weighted by molar-refractivity contribution is 7.83. The van der Waals surface area contributed by atoms with Gasteiger partial charge in [0.15, 0.2) is 0 Å². The minimum atomic E-state index is -1.08. The van der Waals surface area contributed by atoms with Gasteiger partial charge in [-0.2, -0.15) is 0 Å². The Morgan fingerprint density at radius 2 is 2.05 bits per heavy atom. The number of nitrogens with one attached hydrogen (secondary N) is 1. The van der Waals surface area contributed by atoms with Crippen molar-refractivity contribution in [1.82, 2.24) is 4.72 Å². The highest BCUT2D eigenvalue weighted by atomic mass is 32.2. The molecule has 4 heteroatoms. The highest BCUT2D eigenvalue weighted by Gasteiger charge is 2.16. The summed E-state index contributed by atoms with van der Waals surface area (Å²) in [5.41, 5.74) is 6.75. The number of aryl methyl sites for hydroxylation is 1. The Balaban J connectivity index is 1.93. The van der Waals surface area contributed by atoms with E-state index >= 15 is 0 Å². The number of rotatable bonds is 6. The van der Waals surface area contributed by atoms with Crippen LogP contribution in [0.5, 0.6) is 0 Å². The van der Waals surface area contributed by atoms with Crippen LogP contribution in [0.25, 0.3) is 0 Å². The molecule has 2 rings (SSSR count). The van der Waals surface area contributed by atoms with Gasteiger partial charge in [0.2, 0.25) is 0 Å². The van der Waals surface area contributed by atoms with E-state index in [0.717, 1.165) is 30.6 Å². The first-order valence-electron chi connectivity index (χ1n) is 7.26. The Hall–Kier alpha value is -0.710. The maximum atomic E-state index is 12.3. The molecule has 0 radical (unpaired) electrons. The summed E-state index contributed by atoms with van der Waals surface area (Å²) in [6, 6.07) is 8.47. The van der Waals surface area contributed by atoms with Crippen LogP contribution in [0.15, 0.2) is 29.2 Å². The molecule has 1 aromatic rings. The maximum absolute atomic E-state index is 12.3. The van der Waals surface area contributed by atoms with Gasteiger partial charge in [-0.1, -0.05) is 31.4 Å². The third-order valence-electron chi connectivity index (χ3n) is 3.66. The second-order valence-electron chi connectivity index (χ2n) is 5.26. The lowest BCUT2D eigenvalue weighted by Crippen LogP contribution is -2.32. The lowest BCUT2D eigenvalue weighted by Gasteiger charge is -2.22. The molecule has 1 aliphatic carbocycles. The first kappa shape index (κ1) is 14.7. The Kier molecular flexibility index (Phi) is 6.01. The monoisotopic (exact) mass is 280 g/mol. The molecular weight excluding hydrogens is 256 g/mol. The van der Waals surface area contributed by atoms with Crippen LogP contribution in [-0.2, 0) is 17.4 Å². The zero-order valence-corrected chi connectivity index (χ0v) is 12.3. The van der Waals surface area contributed by atoms with E-state index in [9.17, 15) is 4.21 Å². The molecule has 0 heterocycles. The van der Waals surface area contributed by atoms with E-state index in [-0.39, 0.29) is 0 Å². The number of benzene rings is 1. The quantitative estimate of drug-likeness (QED) is 0.841. The summed E-state index contributed by atoms with van der Waals surface area (Å²) in [6.45, 7) is 0.702. The number of hydrogen-bond acceptors (Lipinski definition) is 2. The van der Waals surface area contributed by atoms with Crippen LogP contribution >= 0.6 is 0 Å². The molecule has 1 unspecified atom stereocenters. The molecule has 1 saturated carbocycles. The van der Waals surface area contributed by atoms with E-state index in [0.29, 0.717) is 12.6 Å². The summed E-state index contributed by atoms with van der Waals surface area (Å²) < 4.78 is 15.6. The van der Waals surface area contributed by atoms with Crippen LogP contribution in [0.4, 0.5) is 0 Å². The molecule has 19 heavy (non-hydrogen) atoms. The van der Waals surface area contributed by atoms with Crippen LogP contribution in [0, 0.1) is 0 Å². The van der Waals surface area contributed by atoms with Gasteiger partial charge in [0.25, 0.3) is 0 Å². The standard InChI is InChI=1S/C15H24N2OS/c16-11-5-7-13-6-4-10-15(12-13)19(18)17-14-8-2-1-3-9-14/h4,6,10,12,14,17H,1-3,5,7-9,11,16H2. The van der Waals surface area contributed by atoms with E-state index in [2.05, 4.69) is 10.8 Å². The third kappa shape index (κ3) is 4.71. The molecule has 0 spiro atoms. The van der Waals surface area contributed by atoms with Crippen molar-refractivity contribution < 1.29 is 4.21 Å². The summed E-state index contributed by atoms with van der Waals surface area (Å²) in [6.07, 6.45) is 8.07. The third-order valence-corrected chi connectivity index (χ3v) is 4.89. The van der Waals surface area contributed by atoms with Crippen LogP contribution in [-0.4, -0.2) is 16.8 Å². The molecule has 0 bridgehead atoms. The lowest BCUT2D eigenvalue weighted by molar-refractivity contribution is 0.419. The van der Waals surface area contributed by atoms with Gasteiger partial charge in [0.05, 0.1) is 4.90 Å². The van der Waals surface area contributed by atoms with Gasteiger partial charge in [-0.25, -0.2) is 8.93 Å². The van der Waals surface area contributed by atoms with Gasteiger partial charge in [-0.3, -0.25) is 0 Å². The molecule has 0 aromatic heterocycles. The van der Waals surface area contributed by atoms with Crippen LogP contribution in [0.2, 0.25) is 0 Å². The predicted molar refractivity (Wildman–Crippen MR) is 80.2 cm³/mol.